The molecule has 152 valence electrons. The smallest absolute Gasteiger partial charge is 0.255 e. The molecule has 0 aliphatic carbocycles. The first-order valence-corrected chi connectivity index (χ1v) is 12.2. The lowest BCUT2D eigenvalue weighted by Gasteiger charge is -2.12. The van der Waals surface area contributed by atoms with Gasteiger partial charge in [0, 0.05) is 27.3 Å². The monoisotopic (exact) mass is 449 g/mol. The van der Waals surface area contributed by atoms with Crippen LogP contribution in [0.4, 0.5) is 11.4 Å². The molecule has 0 fully saturated rings. The van der Waals surface area contributed by atoms with Crippen molar-refractivity contribution in [3.05, 3.63) is 64.6 Å². The molecule has 3 rings (SSSR count). The van der Waals surface area contributed by atoms with E-state index in [9.17, 15) is 13.2 Å². The topological polar surface area (TPSA) is 97.4 Å². The van der Waals surface area contributed by atoms with Gasteiger partial charge in [0.15, 0.2) is 0 Å². The summed E-state index contributed by atoms with van der Waals surface area (Å²) in [5.41, 5.74) is 4.03. The van der Waals surface area contributed by atoms with E-state index in [1.807, 2.05) is 17.5 Å². The van der Waals surface area contributed by atoms with E-state index in [0.29, 0.717) is 17.0 Å². The number of nitrogens with zero attached hydrogens (tertiary/aromatic N) is 1. The fourth-order valence-electron chi connectivity index (χ4n) is 2.44. The molecule has 1 heterocycles. The summed E-state index contributed by atoms with van der Waals surface area (Å²) >= 11 is 3.21. The highest BCUT2D eigenvalue weighted by Crippen LogP contribution is 2.29. The number of methoxy groups -OCH3 is 1. The first-order valence-electron chi connectivity index (χ1n) is 8.41. The van der Waals surface area contributed by atoms with Gasteiger partial charge >= 0.3 is 0 Å². The number of hydrogen-bond acceptors (Lipinski definition) is 7. The zero-order valence-electron chi connectivity index (χ0n) is 15.7. The van der Waals surface area contributed by atoms with Crippen molar-refractivity contribution in [2.75, 3.05) is 23.4 Å². The van der Waals surface area contributed by atoms with Crippen molar-refractivity contribution in [2.24, 2.45) is 0 Å². The fourth-order valence-corrected chi connectivity index (χ4v) is 4.46. The number of carbonyl (C=O) groups excluding carboxylic acids is 1. The molecule has 0 saturated heterocycles. The van der Waals surface area contributed by atoms with Gasteiger partial charge in [-0.25, -0.2) is 13.4 Å². The summed E-state index contributed by atoms with van der Waals surface area (Å²) in [6, 6.07) is 12.0. The van der Waals surface area contributed by atoms with Crippen LogP contribution in [0.3, 0.4) is 0 Å². The third-order valence-electron chi connectivity index (χ3n) is 3.74. The SMILES string of the molecule is COc1ccc(NC(=O)c2ccc(SCc3cscn3)cc2)cc1NS(C)(=O)=O. The third-order valence-corrected chi connectivity index (χ3v) is 6.01. The Bertz CT molecular complexity index is 1080. The molecular weight excluding hydrogens is 430 g/mol. The molecule has 0 spiro atoms. The van der Waals surface area contributed by atoms with Crippen LogP contribution in [-0.2, 0) is 15.8 Å². The van der Waals surface area contributed by atoms with E-state index in [1.165, 1.54) is 13.2 Å². The number of carbonyl (C=O) groups is 1. The van der Waals surface area contributed by atoms with Crippen molar-refractivity contribution in [2.45, 2.75) is 10.6 Å². The summed E-state index contributed by atoms with van der Waals surface area (Å²) in [5, 5.41) is 4.78. The van der Waals surface area contributed by atoms with Crippen LogP contribution in [0, 0.1) is 0 Å². The first kappa shape index (κ1) is 21.2. The Balaban J connectivity index is 1.67. The lowest BCUT2D eigenvalue weighted by molar-refractivity contribution is 0.102. The molecule has 3 aromatic rings. The number of rotatable bonds is 8. The van der Waals surface area contributed by atoms with Crippen molar-refractivity contribution in [3.8, 4) is 5.75 Å². The number of anilines is 2. The number of nitrogens with one attached hydrogen (secondary N) is 2. The van der Waals surface area contributed by atoms with Gasteiger partial charge in [-0.1, -0.05) is 0 Å². The van der Waals surface area contributed by atoms with Crippen LogP contribution in [-0.4, -0.2) is 32.7 Å². The molecule has 2 aromatic carbocycles. The molecule has 7 nitrogen and oxygen atoms in total. The Morgan fingerprint density at radius 1 is 1.21 bits per heavy atom. The molecule has 0 radical (unpaired) electrons. The van der Waals surface area contributed by atoms with Crippen molar-refractivity contribution in [3.63, 3.8) is 0 Å². The van der Waals surface area contributed by atoms with Crippen LogP contribution in [0.1, 0.15) is 16.1 Å². The highest BCUT2D eigenvalue weighted by Gasteiger charge is 2.12. The molecule has 2 N–H and O–H groups in total. The second-order valence-electron chi connectivity index (χ2n) is 6.04. The van der Waals surface area contributed by atoms with Gasteiger partial charge in [-0.15, -0.1) is 23.1 Å². The molecule has 0 aliphatic heterocycles. The summed E-state index contributed by atoms with van der Waals surface area (Å²) in [6.07, 6.45) is 1.05. The van der Waals surface area contributed by atoms with Gasteiger partial charge in [-0.05, 0) is 42.5 Å². The van der Waals surface area contributed by atoms with Gasteiger partial charge in [-0.2, -0.15) is 0 Å². The molecular formula is C19H19N3O4S3. The molecule has 1 aromatic heterocycles. The van der Waals surface area contributed by atoms with E-state index in [-0.39, 0.29) is 11.6 Å². The minimum atomic E-state index is -3.48. The predicted molar refractivity (Wildman–Crippen MR) is 118 cm³/mol. The summed E-state index contributed by atoms with van der Waals surface area (Å²) < 4.78 is 30.6. The quantitative estimate of drug-likeness (QED) is 0.503. The molecule has 29 heavy (non-hydrogen) atoms. The maximum absolute atomic E-state index is 12.5. The Morgan fingerprint density at radius 2 is 1.97 bits per heavy atom. The van der Waals surface area contributed by atoms with Gasteiger partial charge in [-0.3, -0.25) is 9.52 Å². The average Bonchev–Trinajstić information content (AvgIpc) is 3.19. The van der Waals surface area contributed by atoms with Crippen molar-refractivity contribution in [1.29, 1.82) is 0 Å². The molecule has 0 bridgehead atoms. The lowest BCUT2D eigenvalue weighted by Crippen LogP contribution is -2.13. The molecule has 0 aliphatic rings. The highest BCUT2D eigenvalue weighted by molar-refractivity contribution is 7.98. The predicted octanol–water partition coefficient (Wildman–Crippen LogP) is 4.07. The van der Waals surface area contributed by atoms with E-state index in [4.69, 9.17) is 4.74 Å². The van der Waals surface area contributed by atoms with Gasteiger partial charge in [0.1, 0.15) is 5.75 Å². The van der Waals surface area contributed by atoms with Crippen LogP contribution >= 0.6 is 23.1 Å². The minimum absolute atomic E-state index is 0.251. The first-order chi connectivity index (χ1) is 13.8. The number of hydrogen-bond donors (Lipinski definition) is 2. The highest BCUT2D eigenvalue weighted by atomic mass is 32.2. The molecule has 1 amide bonds. The van der Waals surface area contributed by atoms with E-state index in [2.05, 4.69) is 15.0 Å². The standard InChI is InChI=1S/C19H19N3O4S3/c1-26-18-8-5-14(9-17(18)22-29(2,24)25)21-19(23)13-3-6-16(7-4-13)28-11-15-10-27-12-20-15/h3-10,12,22H,11H2,1-2H3,(H,21,23). The molecule has 0 saturated carbocycles. The normalized spacial score (nSPS) is 11.1. The maximum atomic E-state index is 12.5. The summed E-state index contributed by atoms with van der Waals surface area (Å²) in [6.45, 7) is 0. The van der Waals surface area contributed by atoms with Crippen LogP contribution in [0.15, 0.2) is 58.3 Å². The summed E-state index contributed by atoms with van der Waals surface area (Å²) in [7, 11) is -2.04. The Kier molecular flexibility index (Phi) is 6.78. The number of sulfonamides is 1. The van der Waals surface area contributed by atoms with Crippen molar-refractivity contribution >= 4 is 50.4 Å². The number of thioether (sulfide) groups is 1. The zero-order chi connectivity index (χ0) is 20.9. The minimum Gasteiger partial charge on any atom is -0.495 e. The largest absolute Gasteiger partial charge is 0.495 e. The Morgan fingerprint density at radius 3 is 2.59 bits per heavy atom. The fraction of sp³-hybridized carbons (Fsp3) is 0.158. The second kappa shape index (κ2) is 9.29. The lowest BCUT2D eigenvalue weighted by atomic mass is 10.2. The number of benzene rings is 2. The third kappa shape index (κ3) is 6.21. The van der Waals surface area contributed by atoms with Crippen molar-refractivity contribution in [1.82, 2.24) is 4.98 Å². The summed E-state index contributed by atoms with van der Waals surface area (Å²) in [5.74, 6) is 0.836. The molecule has 0 atom stereocenters. The van der Waals surface area contributed by atoms with Crippen LogP contribution < -0.4 is 14.8 Å². The van der Waals surface area contributed by atoms with Gasteiger partial charge < -0.3 is 10.1 Å². The van der Waals surface area contributed by atoms with Gasteiger partial charge in [0.05, 0.1) is 30.3 Å². The van der Waals surface area contributed by atoms with Crippen LogP contribution in [0.5, 0.6) is 5.75 Å². The van der Waals surface area contributed by atoms with E-state index < -0.39 is 10.0 Å². The van der Waals surface area contributed by atoms with E-state index >= 15 is 0 Å². The molecule has 0 unspecified atom stereocenters. The average molecular weight is 450 g/mol. The number of ether oxygens (including phenoxy) is 1. The Hall–Kier alpha value is -2.56. The number of amides is 1. The van der Waals surface area contributed by atoms with E-state index in [1.54, 1.807) is 52.9 Å². The van der Waals surface area contributed by atoms with Gasteiger partial charge in [0.25, 0.3) is 5.91 Å². The second-order valence-corrected chi connectivity index (χ2v) is 9.55. The summed E-state index contributed by atoms with van der Waals surface area (Å²) in [4.78, 5) is 17.8. The van der Waals surface area contributed by atoms with Gasteiger partial charge in [0.2, 0.25) is 10.0 Å². The Labute approximate surface area is 177 Å². The van der Waals surface area contributed by atoms with Crippen LogP contribution in [0.25, 0.3) is 0 Å². The van der Waals surface area contributed by atoms with Crippen LogP contribution in [0.2, 0.25) is 0 Å². The maximum Gasteiger partial charge on any atom is 0.255 e. The zero-order valence-corrected chi connectivity index (χ0v) is 18.2. The van der Waals surface area contributed by atoms with E-state index in [0.717, 1.165) is 22.6 Å². The van der Waals surface area contributed by atoms with Crippen molar-refractivity contribution < 1.29 is 17.9 Å². The molecule has 10 heteroatoms. The number of aromatic nitrogens is 1. The number of thiazole rings is 1.